The number of sulfonamides is 1. The van der Waals surface area contributed by atoms with Crippen molar-refractivity contribution in [2.75, 3.05) is 19.7 Å². The van der Waals surface area contributed by atoms with E-state index in [-0.39, 0.29) is 21.2 Å². The summed E-state index contributed by atoms with van der Waals surface area (Å²) in [7, 11) is -4.28. The Morgan fingerprint density at radius 1 is 1.26 bits per heavy atom. The Bertz CT molecular complexity index is 1120. The first-order valence-corrected chi connectivity index (χ1v) is 10.6. The molecular formula is C19H16ClF3N2O5S. The lowest BCUT2D eigenvalue weighted by atomic mass is 10.0. The van der Waals surface area contributed by atoms with Crippen molar-refractivity contribution in [3.05, 3.63) is 58.6 Å². The van der Waals surface area contributed by atoms with E-state index in [1.807, 2.05) is 0 Å². The molecule has 0 saturated carbocycles. The van der Waals surface area contributed by atoms with Crippen molar-refractivity contribution in [2.45, 2.75) is 22.8 Å². The second kappa shape index (κ2) is 8.29. The van der Waals surface area contributed by atoms with Gasteiger partial charge in [0.1, 0.15) is 28.4 Å². The number of rotatable bonds is 5. The fourth-order valence-corrected chi connectivity index (χ4v) is 4.95. The van der Waals surface area contributed by atoms with Gasteiger partial charge in [0.25, 0.3) is 0 Å². The molecule has 1 aliphatic heterocycles. The number of alkyl halides is 3. The number of halogens is 4. The number of β-amino-alcohol motifs (C(OH)–C–C–N with tert-alkyl or cyclic N) is 1. The van der Waals surface area contributed by atoms with Gasteiger partial charge in [0.15, 0.2) is 0 Å². The average molecular weight is 477 g/mol. The molecule has 31 heavy (non-hydrogen) atoms. The van der Waals surface area contributed by atoms with Crippen LogP contribution in [0.15, 0.2) is 47.4 Å². The summed E-state index contributed by atoms with van der Waals surface area (Å²) in [5.74, 6) is -0.0478. The number of aliphatic hydroxyl groups excluding tert-OH is 1. The van der Waals surface area contributed by atoms with Gasteiger partial charge in [-0.25, -0.2) is 8.42 Å². The molecule has 2 aromatic carbocycles. The zero-order valence-corrected chi connectivity index (χ0v) is 17.2. The van der Waals surface area contributed by atoms with E-state index >= 15 is 0 Å². The third-order valence-electron chi connectivity index (χ3n) is 4.83. The molecule has 0 aliphatic carbocycles. The smallest absolute Gasteiger partial charge is 0.416 e. The minimum absolute atomic E-state index is 0.0478. The highest BCUT2D eigenvalue weighted by atomic mass is 35.5. The minimum Gasteiger partial charge on any atom is -0.486 e. The lowest BCUT2D eigenvalue weighted by Gasteiger charge is -2.27. The van der Waals surface area contributed by atoms with Crippen molar-refractivity contribution >= 4 is 21.6 Å². The van der Waals surface area contributed by atoms with Gasteiger partial charge in [0.2, 0.25) is 10.0 Å². The molecule has 1 fully saturated rings. The highest BCUT2D eigenvalue weighted by molar-refractivity contribution is 7.89. The molecule has 3 rings (SSSR count). The Labute approximate surface area is 180 Å². The van der Waals surface area contributed by atoms with E-state index in [9.17, 15) is 37.1 Å². The number of hydrogen-bond donors (Lipinski definition) is 2. The molecule has 1 aliphatic rings. The van der Waals surface area contributed by atoms with Gasteiger partial charge in [0, 0.05) is 11.6 Å². The monoisotopic (exact) mass is 476 g/mol. The molecule has 0 spiro atoms. The maximum atomic E-state index is 13.0. The molecule has 2 N–H and O–H groups in total. The molecule has 1 saturated heterocycles. The van der Waals surface area contributed by atoms with Crippen molar-refractivity contribution in [3.8, 4) is 11.8 Å². The SMILES string of the molecule is N#Cc1cc(Cl)ccc1S(=O)(=O)N1C[C@H](Oc2ccc(C(F)(F)F)cc2)[C@@](O)(CO)C1. The van der Waals surface area contributed by atoms with Crippen LogP contribution < -0.4 is 4.74 Å². The summed E-state index contributed by atoms with van der Waals surface area (Å²) in [5.41, 5.74) is -3.12. The van der Waals surface area contributed by atoms with E-state index in [1.165, 1.54) is 12.1 Å². The first-order valence-electron chi connectivity index (χ1n) is 8.78. The summed E-state index contributed by atoms with van der Waals surface area (Å²) in [6, 6.07) is 8.99. The van der Waals surface area contributed by atoms with Gasteiger partial charge in [-0.1, -0.05) is 11.6 Å². The van der Waals surface area contributed by atoms with E-state index in [0.717, 1.165) is 34.6 Å². The lowest BCUT2D eigenvalue weighted by molar-refractivity contribution is -0.137. The average Bonchev–Trinajstić information content (AvgIpc) is 3.05. The summed E-state index contributed by atoms with van der Waals surface area (Å²) in [6.45, 7) is -1.82. The number of hydrogen-bond acceptors (Lipinski definition) is 6. The molecule has 166 valence electrons. The molecule has 2 aromatic rings. The molecule has 1 heterocycles. The molecule has 0 bridgehead atoms. The first-order chi connectivity index (χ1) is 14.4. The molecule has 2 atom stereocenters. The third-order valence-corrected chi connectivity index (χ3v) is 6.94. The number of ether oxygens (including phenoxy) is 1. The molecule has 0 unspecified atom stereocenters. The Kier molecular flexibility index (Phi) is 6.23. The number of nitriles is 1. The summed E-state index contributed by atoms with van der Waals surface area (Å²) in [5, 5.41) is 29.8. The number of aliphatic hydroxyl groups is 2. The normalized spacial score (nSPS) is 22.3. The van der Waals surface area contributed by atoms with Crippen LogP contribution in [0.5, 0.6) is 5.75 Å². The standard InChI is InChI=1S/C19H16ClF3N2O5S/c20-14-3-6-16(12(7-14)8-24)31(28,29)25-9-17(18(27,10-25)11-26)30-15-4-1-13(2-5-15)19(21,22)23/h1-7,17,26-27H,9-11H2/t17-,18-/m0/s1. The van der Waals surface area contributed by atoms with Gasteiger partial charge >= 0.3 is 6.18 Å². The zero-order valence-electron chi connectivity index (χ0n) is 15.7. The molecule has 0 aromatic heterocycles. The van der Waals surface area contributed by atoms with Gasteiger partial charge in [-0.3, -0.25) is 0 Å². The second-order valence-electron chi connectivity index (χ2n) is 6.94. The van der Waals surface area contributed by atoms with E-state index < -0.39 is 53.2 Å². The van der Waals surface area contributed by atoms with Crippen molar-refractivity contribution in [1.29, 1.82) is 5.26 Å². The van der Waals surface area contributed by atoms with Crippen LogP contribution in [0.25, 0.3) is 0 Å². The van der Waals surface area contributed by atoms with Crippen molar-refractivity contribution < 1.29 is 36.5 Å². The predicted octanol–water partition coefficient (Wildman–Crippen LogP) is 2.41. The van der Waals surface area contributed by atoms with Crippen molar-refractivity contribution in [1.82, 2.24) is 4.31 Å². The molecule has 12 heteroatoms. The van der Waals surface area contributed by atoms with Crippen LogP contribution in [0.1, 0.15) is 11.1 Å². The lowest BCUT2D eigenvalue weighted by Crippen LogP contribution is -2.48. The maximum Gasteiger partial charge on any atom is 0.416 e. The minimum atomic E-state index is -4.54. The molecule has 0 amide bonds. The Morgan fingerprint density at radius 2 is 1.90 bits per heavy atom. The number of nitrogens with zero attached hydrogens (tertiary/aromatic N) is 2. The van der Waals surface area contributed by atoms with Crippen LogP contribution in [0, 0.1) is 11.3 Å². The topological polar surface area (TPSA) is 111 Å². The quantitative estimate of drug-likeness (QED) is 0.685. The predicted molar refractivity (Wildman–Crippen MR) is 103 cm³/mol. The first kappa shape index (κ1) is 23.3. The summed E-state index contributed by atoms with van der Waals surface area (Å²) in [4.78, 5) is -0.338. The highest BCUT2D eigenvalue weighted by Crippen LogP contribution is 2.34. The van der Waals surface area contributed by atoms with Gasteiger partial charge in [-0.15, -0.1) is 0 Å². The van der Waals surface area contributed by atoms with E-state index in [2.05, 4.69) is 0 Å². The van der Waals surface area contributed by atoms with Crippen LogP contribution in [0.3, 0.4) is 0 Å². The van der Waals surface area contributed by atoms with Gasteiger partial charge in [-0.05, 0) is 42.5 Å². The van der Waals surface area contributed by atoms with Crippen LogP contribution in [0.2, 0.25) is 5.02 Å². The largest absolute Gasteiger partial charge is 0.486 e. The van der Waals surface area contributed by atoms with Crippen molar-refractivity contribution in [2.24, 2.45) is 0 Å². The Hall–Kier alpha value is -2.36. The fraction of sp³-hybridized carbons (Fsp3) is 0.316. The van der Waals surface area contributed by atoms with E-state index in [4.69, 9.17) is 16.3 Å². The van der Waals surface area contributed by atoms with Gasteiger partial charge < -0.3 is 14.9 Å². The van der Waals surface area contributed by atoms with Crippen molar-refractivity contribution in [3.63, 3.8) is 0 Å². The van der Waals surface area contributed by atoms with Gasteiger partial charge in [0.05, 0.1) is 24.3 Å². The van der Waals surface area contributed by atoms with Crippen LogP contribution >= 0.6 is 11.6 Å². The maximum absolute atomic E-state index is 13.0. The molecule has 7 nitrogen and oxygen atoms in total. The fourth-order valence-electron chi connectivity index (χ4n) is 3.15. The van der Waals surface area contributed by atoms with Crippen LogP contribution in [0.4, 0.5) is 13.2 Å². The summed E-state index contributed by atoms with van der Waals surface area (Å²) < 4.78 is 70.6. The third kappa shape index (κ3) is 4.63. The Balaban J connectivity index is 1.88. The summed E-state index contributed by atoms with van der Waals surface area (Å²) >= 11 is 5.80. The highest BCUT2D eigenvalue weighted by Gasteiger charge is 2.51. The summed E-state index contributed by atoms with van der Waals surface area (Å²) in [6.07, 6.45) is -5.82. The molecular weight excluding hydrogens is 461 g/mol. The zero-order chi connectivity index (χ0) is 23.0. The second-order valence-corrected chi connectivity index (χ2v) is 9.28. The van der Waals surface area contributed by atoms with E-state index in [1.54, 1.807) is 6.07 Å². The van der Waals surface area contributed by atoms with Crippen LogP contribution in [-0.2, 0) is 16.2 Å². The number of benzene rings is 2. The Morgan fingerprint density at radius 3 is 2.45 bits per heavy atom. The molecule has 0 radical (unpaired) electrons. The van der Waals surface area contributed by atoms with Gasteiger partial charge in [-0.2, -0.15) is 22.7 Å². The van der Waals surface area contributed by atoms with E-state index in [0.29, 0.717) is 0 Å². The van der Waals surface area contributed by atoms with Crippen LogP contribution in [-0.4, -0.2) is 54.3 Å².